The number of hydrogen-bond donors (Lipinski definition) is 2. The number of hydrogen-bond acceptors (Lipinski definition) is 6. The lowest BCUT2D eigenvalue weighted by atomic mass is 9.90. The van der Waals surface area contributed by atoms with E-state index in [1.54, 1.807) is 42.5 Å². The van der Waals surface area contributed by atoms with E-state index in [-0.39, 0.29) is 17.6 Å². The number of amides is 1. The molecule has 5 rings (SSSR count). The maximum Gasteiger partial charge on any atom is 0.256 e. The van der Waals surface area contributed by atoms with E-state index in [0.717, 1.165) is 11.3 Å². The monoisotopic (exact) mass is 517 g/mol. The lowest BCUT2D eigenvalue weighted by molar-refractivity contribution is 0.102. The Hall–Kier alpha value is -5.09. The van der Waals surface area contributed by atoms with E-state index >= 15 is 0 Å². The standard InChI is InChI=1S/C32H27N3O4/c1-19-7-8-23(15-20(19)2)28-5-4-6-31(34-28)35-32(37)22-9-11-25(12-10-22)39-29-17-30-27(16-24(29)18-33)26(21(3)36)13-14-38-30/h4-12,15-17,26,36H,3,13-14H2,1-2H3,(H,34,35,37). The molecule has 7 nitrogen and oxygen atoms in total. The van der Waals surface area contributed by atoms with Gasteiger partial charge in [0.2, 0.25) is 0 Å². The number of fused-ring (bicyclic) bond motifs is 1. The molecule has 194 valence electrons. The van der Waals surface area contributed by atoms with Crippen LogP contribution in [-0.4, -0.2) is 22.6 Å². The Morgan fingerprint density at radius 3 is 2.62 bits per heavy atom. The van der Waals surface area contributed by atoms with Crippen LogP contribution in [0.1, 0.15) is 45.0 Å². The first-order valence-electron chi connectivity index (χ1n) is 12.5. The summed E-state index contributed by atoms with van der Waals surface area (Å²) in [6, 6.07) is 23.7. The van der Waals surface area contributed by atoms with Crippen LogP contribution in [0.2, 0.25) is 0 Å². The van der Waals surface area contributed by atoms with Crippen LogP contribution < -0.4 is 14.8 Å². The normalized spacial score (nSPS) is 13.9. The minimum atomic E-state index is -0.304. The highest BCUT2D eigenvalue weighted by molar-refractivity contribution is 6.03. The molecule has 0 saturated carbocycles. The fourth-order valence-electron chi connectivity index (χ4n) is 4.49. The number of aryl methyl sites for hydroxylation is 2. The molecular weight excluding hydrogens is 490 g/mol. The summed E-state index contributed by atoms with van der Waals surface area (Å²) in [5, 5.41) is 22.5. The molecule has 1 aliphatic heterocycles. The van der Waals surface area contributed by atoms with Crippen molar-refractivity contribution in [2.75, 3.05) is 11.9 Å². The van der Waals surface area contributed by atoms with E-state index in [1.807, 2.05) is 18.2 Å². The molecule has 0 fully saturated rings. The number of nitrogens with one attached hydrogen (secondary N) is 1. The molecule has 0 spiro atoms. The number of benzene rings is 3. The molecule has 3 aromatic carbocycles. The fraction of sp³-hybridized carbons (Fsp3) is 0.156. The Morgan fingerprint density at radius 1 is 1.10 bits per heavy atom. The number of carbonyl (C=O) groups is 1. The number of pyridine rings is 1. The second-order valence-corrected chi connectivity index (χ2v) is 9.47. The third kappa shape index (κ3) is 5.46. The summed E-state index contributed by atoms with van der Waals surface area (Å²) in [6.45, 7) is 8.19. The van der Waals surface area contributed by atoms with Gasteiger partial charge in [-0.05, 0) is 79.9 Å². The third-order valence-corrected chi connectivity index (χ3v) is 6.81. The summed E-state index contributed by atoms with van der Waals surface area (Å²) >= 11 is 0. The molecule has 1 aromatic heterocycles. The van der Waals surface area contributed by atoms with E-state index in [9.17, 15) is 15.2 Å². The van der Waals surface area contributed by atoms with Crippen molar-refractivity contribution in [2.24, 2.45) is 0 Å². The maximum atomic E-state index is 12.9. The number of rotatable bonds is 6. The molecule has 1 amide bonds. The molecule has 0 bridgehead atoms. The Morgan fingerprint density at radius 2 is 1.90 bits per heavy atom. The van der Waals surface area contributed by atoms with Gasteiger partial charge in [-0.25, -0.2) is 4.98 Å². The summed E-state index contributed by atoms with van der Waals surface area (Å²) in [7, 11) is 0. The van der Waals surface area contributed by atoms with Gasteiger partial charge in [-0.15, -0.1) is 0 Å². The van der Waals surface area contributed by atoms with Crippen molar-refractivity contribution in [1.29, 1.82) is 5.26 Å². The molecule has 0 aliphatic carbocycles. The van der Waals surface area contributed by atoms with Crippen LogP contribution in [0.3, 0.4) is 0 Å². The molecule has 4 aromatic rings. The van der Waals surface area contributed by atoms with Crippen molar-refractivity contribution in [2.45, 2.75) is 26.2 Å². The third-order valence-electron chi connectivity index (χ3n) is 6.81. The zero-order valence-corrected chi connectivity index (χ0v) is 21.7. The van der Waals surface area contributed by atoms with Crippen molar-refractivity contribution in [1.82, 2.24) is 4.98 Å². The first-order chi connectivity index (χ1) is 18.8. The number of nitrogens with zero attached hydrogens (tertiary/aromatic N) is 2. The minimum absolute atomic E-state index is 0.0400. The first-order valence-corrected chi connectivity index (χ1v) is 12.5. The van der Waals surface area contributed by atoms with Crippen LogP contribution >= 0.6 is 0 Å². The molecule has 2 N–H and O–H groups in total. The summed E-state index contributed by atoms with van der Waals surface area (Å²) in [4.78, 5) is 17.5. The smallest absolute Gasteiger partial charge is 0.256 e. The van der Waals surface area contributed by atoms with E-state index < -0.39 is 0 Å². The van der Waals surface area contributed by atoms with Crippen molar-refractivity contribution >= 4 is 11.7 Å². The minimum Gasteiger partial charge on any atom is -0.512 e. The van der Waals surface area contributed by atoms with E-state index in [2.05, 4.69) is 48.9 Å². The number of aliphatic hydroxyl groups is 1. The highest BCUT2D eigenvalue weighted by atomic mass is 16.5. The Bertz CT molecular complexity index is 1620. The molecule has 1 atom stereocenters. The summed E-state index contributed by atoms with van der Waals surface area (Å²) in [6.07, 6.45) is 0.586. The van der Waals surface area contributed by atoms with Crippen LogP contribution in [-0.2, 0) is 0 Å². The van der Waals surface area contributed by atoms with Crippen molar-refractivity contribution in [3.05, 3.63) is 113 Å². The van der Waals surface area contributed by atoms with Crippen LogP contribution in [0.5, 0.6) is 17.2 Å². The van der Waals surface area contributed by atoms with Gasteiger partial charge in [0.15, 0.2) is 0 Å². The van der Waals surface area contributed by atoms with Crippen molar-refractivity contribution in [3.8, 4) is 34.6 Å². The Balaban J connectivity index is 1.31. The van der Waals surface area contributed by atoms with Gasteiger partial charge >= 0.3 is 0 Å². The summed E-state index contributed by atoms with van der Waals surface area (Å²) in [5.74, 6) is 1.22. The van der Waals surface area contributed by atoms with Crippen LogP contribution in [0, 0.1) is 25.2 Å². The van der Waals surface area contributed by atoms with Gasteiger partial charge in [0, 0.05) is 28.7 Å². The number of aromatic nitrogens is 1. The number of allylic oxidation sites excluding steroid dienone is 1. The Labute approximate surface area is 227 Å². The average Bonchev–Trinajstić information content (AvgIpc) is 2.94. The van der Waals surface area contributed by atoms with Gasteiger partial charge in [-0.1, -0.05) is 24.8 Å². The van der Waals surface area contributed by atoms with E-state index in [4.69, 9.17) is 9.47 Å². The number of ether oxygens (including phenoxy) is 2. The van der Waals surface area contributed by atoms with Crippen molar-refractivity contribution < 1.29 is 19.4 Å². The molecule has 0 saturated heterocycles. The van der Waals surface area contributed by atoms with Gasteiger partial charge < -0.3 is 19.9 Å². The molecule has 1 aliphatic rings. The molecule has 39 heavy (non-hydrogen) atoms. The SMILES string of the molecule is C=C(O)C1CCOc2cc(Oc3ccc(C(=O)Nc4cccc(-c5ccc(C)c(C)c5)n4)cc3)c(C#N)cc21. The van der Waals surface area contributed by atoms with Gasteiger partial charge in [-0.3, -0.25) is 4.79 Å². The van der Waals surface area contributed by atoms with Gasteiger partial charge in [0.1, 0.15) is 29.1 Å². The van der Waals surface area contributed by atoms with Crippen molar-refractivity contribution in [3.63, 3.8) is 0 Å². The van der Waals surface area contributed by atoms with Crippen LogP contribution in [0.4, 0.5) is 5.82 Å². The van der Waals surface area contributed by atoms with Gasteiger partial charge in [0.25, 0.3) is 5.91 Å². The largest absolute Gasteiger partial charge is 0.512 e. The quantitative estimate of drug-likeness (QED) is 0.262. The first kappa shape index (κ1) is 25.6. The number of carbonyl (C=O) groups excluding carboxylic acids is 1. The van der Waals surface area contributed by atoms with Crippen LogP contribution in [0.25, 0.3) is 11.3 Å². The number of aliphatic hydroxyl groups excluding tert-OH is 1. The van der Waals surface area contributed by atoms with E-state index in [0.29, 0.717) is 52.8 Å². The zero-order chi connectivity index (χ0) is 27.5. The molecule has 2 heterocycles. The van der Waals surface area contributed by atoms with Crippen LogP contribution in [0.15, 0.2) is 85.1 Å². The second kappa shape index (κ2) is 10.7. The highest BCUT2D eigenvalue weighted by Gasteiger charge is 2.26. The van der Waals surface area contributed by atoms with Gasteiger partial charge in [-0.2, -0.15) is 5.26 Å². The molecule has 1 unspecified atom stereocenters. The van der Waals surface area contributed by atoms with Gasteiger partial charge in [0.05, 0.1) is 23.6 Å². The topological polar surface area (TPSA) is 104 Å². The van der Waals surface area contributed by atoms with E-state index in [1.165, 1.54) is 11.1 Å². The number of nitriles is 1. The molecule has 7 heteroatoms. The zero-order valence-electron chi connectivity index (χ0n) is 21.7. The fourth-order valence-corrected chi connectivity index (χ4v) is 4.49. The molecule has 0 radical (unpaired) electrons. The summed E-state index contributed by atoms with van der Waals surface area (Å²) < 4.78 is 11.7. The lowest BCUT2D eigenvalue weighted by Crippen LogP contribution is -2.16. The molecular formula is C32H27N3O4. The average molecular weight is 518 g/mol. The Kier molecular flexibility index (Phi) is 7.02. The maximum absolute atomic E-state index is 12.9. The lowest BCUT2D eigenvalue weighted by Gasteiger charge is -2.26. The highest BCUT2D eigenvalue weighted by Crippen LogP contribution is 2.41. The summed E-state index contributed by atoms with van der Waals surface area (Å²) in [5.41, 5.74) is 5.59. The number of anilines is 1. The predicted octanol–water partition coefficient (Wildman–Crippen LogP) is 7.22. The second-order valence-electron chi connectivity index (χ2n) is 9.47. The predicted molar refractivity (Wildman–Crippen MR) is 149 cm³/mol.